The monoisotopic (exact) mass is 476 g/mol. The fraction of sp³-hybridized carbons (Fsp3) is 0.516. The molecule has 1 fully saturated rings. The Morgan fingerprint density at radius 3 is 2.57 bits per heavy atom. The summed E-state index contributed by atoms with van der Waals surface area (Å²) in [5, 5.41) is 3.75. The maximum Gasteiger partial charge on any atom is 0.162 e. The number of likely N-dealkylation sites (tertiary alicyclic amines) is 1. The maximum absolute atomic E-state index is 13.1. The van der Waals surface area contributed by atoms with Crippen molar-refractivity contribution in [2.24, 2.45) is 5.92 Å². The molecule has 4 heteroatoms. The molecule has 2 aromatic rings. The fourth-order valence-electron chi connectivity index (χ4n) is 5.63. The number of unbranched alkanes of at least 4 members (excludes halogenated alkanes) is 1. The number of fused-ring (bicyclic) bond motifs is 1. The molecule has 188 valence electrons. The van der Waals surface area contributed by atoms with Crippen LogP contribution in [0.15, 0.2) is 54.7 Å². The van der Waals surface area contributed by atoms with E-state index in [2.05, 4.69) is 41.9 Å². The molecule has 2 atom stereocenters. The number of nitrogens with one attached hydrogen (secondary N) is 1. The Bertz CT molecular complexity index is 1000. The zero-order valence-corrected chi connectivity index (χ0v) is 21.3. The van der Waals surface area contributed by atoms with Crippen LogP contribution in [0.4, 0.5) is 4.39 Å². The first kappa shape index (κ1) is 25.6. The third-order valence-electron chi connectivity index (χ3n) is 7.59. The van der Waals surface area contributed by atoms with E-state index >= 15 is 0 Å². The lowest BCUT2D eigenvalue weighted by atomic mass is 9.89. The second-order valence-corrected chi connectivity index (χ2v) is 10.7. The summed E-state index contributed by atoms with van der Waals surface area (Å²) in [6, 6.07) is 13.3. The summed E-state index contributed by atoms with van der Waals surface area (Å²) >= 11 is 0. The summed E-state index contributed by atoms with van der Waals surface area (Å²) < 4.78 is 13.1. The van der Waals surface area contributed by atoms with E-state index < -0.39 is 0 Å². The summed E-state index contributed by atoms with van der Waals surface area (Å²) in [5.41, 5.74) is 6.17. The van der Waals surface area contributed by atoms with Crippen molar-refractivity contribution < 1.29 is 9.18 Å². The average molecular weight is 477 g/mol. The SMILES string of the molecule is C=C(CCCCC(=O)c1ccc(F)cc1)N[C@@H](Cc1ccc2c(c1)CCCC2)CN1CCC(C)C1. The molecule has 1 heterocycles. The quantitative estimate of drug-likeness (QED) is 0.280. The Balaban J connectivity index is 1.28. The minimum Gasteiger partial charge on any atom is -0.384 e. The number of ketones is 1. The summed E-state index contributed by atoms with van der Waals surface area (Å²) in [4.78, 5) is 14.9. The van der Waals surface area contributed by atoms with Crippen molar-refractivity contribution in [3.05, 3.63) is 82.8 Å². The first-order chi connectivity index (χ1) is 17.0. The lowest BCUT2D eigenvalue weighted by molar-refractivity contribution is 0.0979. The largest absolute Gasteiger partial charge is 0.384 e. The van der Waals surface area contributed by atoms with Gasteiger partial charge in [0.15, 0.2) is 5.78 Å². The number of hydrogen-bond acceptors (Lipinski definition) is 3. The van der Waals surface area contributed by atoms with Crippen molar-refractivity contribution in [2.45, 2.75) is 77.2 Å². The molecule has 1 aliphatic carbocycles. The second kappa shape index (κ2) is 12.5. The van der Waals surface area contributed by atoms with Gasteiger partial charge in [-0.3, -0.25) is 4.79 Å². The van der Waals surface area contributed by atoms with Crippen LogP contribution in [0.5, 0.6) is 0 Å². The Kier molecular flexibility index (Phi) is 9.14. The average Bonchev–Trinajstić information content (AvgIpc) is 3.26. The van der Waals surface area contributed by atoms with Gasteiger partial charge in [0, 0.05) is 36.8 Å². The molecule has 0 bridgehead atoms. The number of hydrogen-bond donors (Lipinski definition) is 1. The number of carbonyl (C=O) groups is 1. The number of allylic oxidation sites excluding steroid dienone is 1. The molecule has 1 saturated heterocycles. The molecule has 1 unspecified atom stereocenters. The number of halogens is 1. The topological polar surface area (TPSA) is 32.3 Å². The van der Waals surface area contributed by atoms with E-state index in [9.17, 15) is 9.18 Å². The number of Topliss-reactive ketones (excluding diaryl/α,β-unsaturated/α-hetero) is 1. The third kappa shape index (κ3) is 7.76. The zero-order chi connectivity index (χ0) is 24.6. The molecule has 1 N–H and O–H groups in total. The molecule has 1 aliphatic heterocycles. The molecular weight excluding hydrogens is 435 g/mol. The second-order valence-electron chi connectivity index (χ2n) is 10.7. The number of benzene rings is 2. The molecule has 3 nitrogen and oxygen atoms in total. The van der Waals surface area contributed by atoms with Crippen LogP contribution >= 0.6 is 0 Å². The molecule has 2 aromatic carbocycles. The van der Waals surface area contributed by atoms with Crippen LogP contribution in [0.25, 0.3) is 0 Å². The molecule has 0 saturated carbocycles. The van der Waals surface area contributed by atoms with Crippen molar-refractivity contribution in [3.63, 3.8) is 0 Å². The minimum absolute atomic E-state index is 0.0806. The van der Waals surface area contributed by atoms with Crippen molar-refractivity contribution in [1.82, 2.24) is 10.2 Å². The van der Waals surface area contributed by atoms with Gasteiger partial charge in [0.2, 0.25) is 0 Å². The van der Waals surface area contributed by atoms with E-state index in [-0.39, 0.29) is 11.6 Å². The van der Waals surface area contributed by atoms with E-state index in [0.717, 1.165) is 43.8 Å². The molecule has 4 rings (SSSR count). The van der Waals surface area contributed by atoms with Crippen molar-refractivity contribution in [3.8, 4) is 0 Å². The van der Waals surface area contributed by atoms with Crippen LogP contribution in [0.3, 0.4) is 0 Å². The van der Waals surface area contributed by atoms with Gasteiger partial charge in [-0.25, -0.2) is 4.39 Å². The maximum atomic E-state index is 13.1. The van der Waals surface area contributed by atoms with Gasteiger partial charge < -0.3 is 10.2 Å². The predicted molar refractivity (Wildman–Crippen MR) is 142 cm³/mol. The zero-order valence-electron chi connectivity index (χ0n) is 21.3. The molecule has 0 radical (unpaired) electrons. The molecule has 35 heavy (non-hydrogen) atoms. The van der Waals surface area contributed by atoms with E-state index in [1.54, 1.807) is 17.7 Å². The Hall–Kier alpha value is -2.46. The lowest BCUT2D eigenvalue weighted by Gasteiger charge is -2.27. The summed E-state index contributed by atoms with van der Waals surface area (Å²) in [5.74, 6) is 0.551. The van der Waals surface area contributed by atoms with E-state index in [1.807, 2.05) is 0 Å². The first-order valence-corrected chi connectivity index (χ1v) is 13.5. The molecule has 0 aromatic heterocycles. The fourth-order valence-corrected chi connectivity index (χ4v) is 5.63. The number of carbonyl (C=O) groups excluding carboxylic acids is 1. The highest BCUT2D eigenvalue weighted by Gasteiger charge is 2.23. The van der Waals surface area contributed by atoms with Gasteiger partial charge in [-0.05, 0) is 111 Å². The molecular formula is C31H41FN2O. The lowest BCUT2D eigenvalue weighted by Crippen LogP contribution is -2.41. The molecule has 0 spiro atoms. The summed E-state index contributed by atoms with van der Waals surface area (Å²) in [6.07, 6.45) is 10.5. The van der Waals surface area contributed by atoms with Crippen LogP contribution in [0.1, 0.15) is 78.9 Å². The van der Waals surface area contributed by atoms with Gasteiger partial charge in [0.1, 0.15) is 5.82 Å². The van der Waals surface area contributed by atoms with Crippen molar-refractivity contribution >= 4 is 5.78 Å². The summed E-state index contributed by atoms with van der Waals surface area (Å²) in [6.45, 7) is 10.1. The summed E-state index contributed by atoms with van der Waals surface area (Å²) in [7, 11) is 0. The van der Waals surface area contributed by atoms with E-state index in [0.29, 0.717) is 18.0 Å². The van der Waals surface area contributed by atoms with Crippen LogP contribution in [0, 0.1) is 11.7 Å². The van der Waals surface area contributed by atoms with E-state index in [4.69, 9.17) is 0 Å². The number of rotatable bonds is 12. The highest BCUT2D eigenvalue weighted by atomic mass is 19.1. The third-order valence-corrected chi connectivity index (χ3v) is 7.59. The Morgan fingerprint density at radius 2 is 1.83 bits per heavy atom. The van der Waals surface area contributed by atoms with Gasteiger partial charge in [-0.15, -0.1) is 0 Å². The van der Waals surface area contributed by atoms with Gasteiger partial charge in [-0.1, -0.05) is 31.7 Å². The van der Waals surface area contributed by atoms with Gasteiger partial charge in [0.25, 0.3) is 0 Å². The van der Waals surface area contributed by atoms with Gasteiger partial charge in [0.05, 0.1) is 0 Å². The normalized spacial score (nSPS) is 18.7. The first-order valence-electron chi connectivity index (χ1n) is 13.5. The Morgan fingerprint density at radius 1 is 1.09 bits per heavy atom. The standard InChI is InChI=1S/C31H41FN2O/c1-23-17-18-34(21-23)22-30(20-25-11-12-26-8-4-5-9-28(26)19-25)33-24(2)7-3-6-10-31(35)27-13-15-29(32)16-14-27/h11-16,19,23,30,33H,2-10,17-18,20-22H2,1H3/t23?,30-/m0/s1. The van der Waals surface area contributed by atoms with Crippen LogP contribution in [0.2, 0.25) is 0 Å². The molecule has 2 aliphatic rings. The Labute approximate surface area is 210 Å². The highest BCUT2D eigenvalue weighted by molar-refractivity contribution is 5.95. The van der Waals surface area contributed by atoms with Crippen LogP contribution in [-0.4, -0.2) is 36.4 Å². The van der Waals surface area contributed by atoms with Crippen molar-refractivity contribution in [2.75, 3.05) is 19.6 Å². The minimum atomic E-state index is -0.308. The number of aryl methyl sites for hydroxylation is 2. The number of nitrogens with zero attached hydrogens (tertiary/aromatic N) is 1. The highest BCUT2D eigenvalue weighted by Crippen LogP contribution is 2.24. The van der Waals surface area contributed by atoms with Gasteiger partial charge >= 0.3 is 0 Å². The van der Waals surface area contributed by atoms with E-state index in [1.165, 1.54) is 68.5 Å². The van der Waals surface area contributed by atoms with Crippen molar-refractivity contribution in [1.29, 1.82) is 0 Å². The van der Waals surface area contributed by atoms with Gasteiger partial charge in [-0.2, -0.15) is 0 Å². The predicted octanol–water partition coefficient (Wildman–Crippen LogP) is 6.50. The van der Waals surface area contributed by atoms with Crippen LogP contribution in [-0.2, 0) is 19.3 Å². The van der Waals surface area contributed by atoms with Crippen LogP contribution < -0.4 is 5.32 Å². The molecule has 0 amide bonds. The smallest absolute Gasteiger partial charge is 0.162 e.